The summed E-state index contributed by atoms with van der Waals surface area (Å²) >= 11 is 6.04. The zero-order chi connectivity index (χ0) is 16.2. The van der Waals surface area contributed by atoms with Crippen LogP contribution in [-0.4, -0.2) is 40.6 Å². The first kappa shape index (κ1) is 15.9. The van der Waals surface area contributed by atoms with E-state index in [0.717, 1.165) is 31.5 Å². The van der Waals surface area contributed by atoms with Crippen LogP contribution in [0.25, 0.3) is 0 Å². The fourth-order valence-electron chi connectivity index (χ4n) is 3.07. The second-order valence-corrected chi connectivity index (χ2v) is 6.22. The van der Waals surface area contributed by atoms with E-state index in [0.29, 0.717) is 23.2 Å². The van der Waals surface area contributed by atoms with Crippen LogP contribution in [0.2, 0.25) is 5.02 Å². The zero-order valence-corrected chi connectivity index (χ0v) is 13.9. The van der Waals surface area contributed by atoms with Crippen LogP contribution in [0, 0.1) is 0 Å². The number of nitrogens with zero attached hydrogens (tertiary/aromatic N) is 3. The van der Waals surface area contributed by atoms with Crippen molar-refractivity contribution < 1.29 is 9.53 Å². The summed E-state index contributed by atoms with van der Waals surface area (Å²) in [5.74, 6) is 0.807. The SMILES string of the molecule is COc1ccc(Cl)cc1CC(=O)N1CCC[C@H](n2ccnc2)C1. The van der Waals surface area contributed by atoms with Crippen molar-refractivity contribution in [1.29, 1.82) is 0 Å². The van der Waals surface area contributed by atoms with Crippen molar-refractivity contribution in [2.24, 2.45) is 0 Å². The quantitative estimate of drug-likeness (QED) is 0.864. The molecule has 6 heteroatoms. The van der Waals surface area contributed by atoms with Gasteiger partial charge in [0, 0.05) is 36.1 Å². The van der Waals surface area contributed by atoms with Crippen molar-refractivity contribution in [3.05, 3.63) is 47.5 Å². The fraction of sp³-hybridized carbons (Fsp3) is 0.412. The topological polar surface area (TPSA) is 47.4 Å². The second-order valence-electron chi connectivity index (χ2n) is 5.78. The van der Waals surface area contributed by atoms with Crippen LogP contribution in [-0.2, 0) is 11.2 Å². The lowest BCUT2D eigenvalue weighted by molar-refractivity contribution is -0.132. The molecule has 1 atom stereocenters. The molecule has 0 bridgehead atoms. The van der Waals surface area contributed by atoms with Crippen molar-refractivity contribution in [3.63, 3.8) is 0 Å². The van der Waals surface area contributed by atoms with Gasteiger partial charge in [-0.1, -0.05) is 11.6 Å². The van der Waals surface area contributed by atoms with Gasteiger partial charge >= 0.3 is 0 Å². The molecule has 1 aliphatic rings. The minimum Gasteiger partial charge on any atom is -0.496 e. The summed E-state index contributed by atoms with van der Waals surface area (Å²) in [6.45, 7) is 1.52. The Kier molecular flexibility index (Phi) is 4.86. The van der Waals surface area contributed by atoms with Crippen LogP contribution in [0.3, 0.4) is 0 Å². The molecular formula is C17H20ClN3O2. The van der Waals surface area contributed by atoms with Gasteiger partial charge in [0.05, 0.1) is 25.9 Å². The molecule has 2 heterocycles. The number of likely N-dealkylation sites (tertiary alicyclic amines) is 1. The van der Waals surface area contributed by atoms with Crippen LogP contribution in [0.5, 0.6) is 5.75 Å². The van der Waals surface area contributed by atoms with Gasteiger partial charge in [0.1, 0.15) is 5.75 Å². The highest BCUT2D eigenvalue weighted by atomic mass is 35.5. The number of methoxy groups -OCH3 is 1. The Morgan fingerprint density at radius 1 is 1.48 bits per heavy atom. The van der Waals surface area contributed by atoms with Crippen molar-refractivity contribution in [3.8, 4) is 5.75 Å². The normalized spacial score (nSPS) is 18.0. The minimum absolute atomic E-state index is 0.107. The first-order valence-corrected chi connectivity index (χ1v) is 8.13. The number of amides is 1. The average Bonchev–Trinajstić information content (AvgIpc) is 3.10. The van der Waals surface area contributed by atoms with E-state index in [1.54, 1.807) is 31.5 Å². The summed E-state index contributed by atoms with van der Waals surface area (Å²) in [6.07, 6.45) is 7.93. The van der Waals surface area contributed by atoms with Crippen molar-refractivity contribution in [2.45, 2.75) is 25.3 Å². The predicted octanol–water partition coefficient (Wildman–Crippen LogP) is 2.95. The minimum atomic E-state index is 0.107. The number of imidazole rings is 1. The molecule has 0 N–H and O–H groups in total. The summed E-state index contributed by atoms with van der Waals surface area (Å²) in [7, 11) is 1.60. The van der Waals surface area contributed by atoms with E-state index in [-0.39, 0.29) is 5.91 Å². The molecule has 3 rings (SSSR count). The molecule has 1 amide bonds. The Balaban J connectivity index is 1.69. The Morgan fingerprint density at radius 3 is 3.09 bits per heavy atom. The van der Waals surface area contributed by atoms with E-state index in [9.17, 15) is 4.79 Å². The van der Waals surface area contributed by atoms with Gasteiger partial charge in [-0.3, -0.25) is 4.79 Å². The number of halogens is 1. The van der Waals surface area contributed by atoms with Crippen LogP contribution in [0.1, 0.15) is 24.4 Å². The first-order valence-electron chi connectivity index (χ1n) is 7.75. The lowest BCUT2D eigenvalue weighted by Crippen LogP contribution is -2.41. The molecule has 0 unspecified atom stereocenters. The number of hydrogen-bond donors (Lipinski definition) is 0. The number of hydrogen-bond acceptors (Lipinski definition) is 3. The summed E-state index contributed by atoms with van der Waals surface area (Å²) in [6, 6.07) is 5.67. The number of rotatable bonds is 4. The van der Waals surface area contributed by atoms with Crippen molar-refractivity contribution >= 4 is 17.5 Å². The molecule has 1 aliphatic heterocycles. The maximum absolute atomic E-state index is 12.7. The molecule has 0 saturated carbocycles. The zero-order valence-electron chi connectivity index (χ0n) is 13.1. The van der Waals surface area contributed by atoms with Gasteiger partial charge in [0.2, 0.25) is 5.91 Å². The van der Waals surface area contributed by atoms with Gasteiger partial charge in [-0.15, -0.1) is 0 Å². The first-order chi connectivity index (χ1) is 11.2. The van der Waals surface area contributed by atoms with Crippen LogP contribution < -0.4 is 4.74 Å². The van der Waals surface area contributed by atoms with Gasteiger partial charge in [-0.05, 0) is 31.0 Å². The lowest BCUT2D eigenvalue weighted by atomic mass is 10.0. The number of carbonyl (C=O) groups is 1. The molecule has 1 aromatic heterocycles. The average molecular weight is 334 g/mol. The summed E-state index contributed by atoms with van der Waals surface area (Å²) < 4.78 is 7.41. The molecule has 1 aromatic carbocycles. The molecule has 5 nitrogen and oxygen atoms in total. The van der Waals surface area contributed by atoms with Gasteiger partial charge in [0.25, 0.3) is 0 Å². The van der Waals surface area contributed by atoms with Crippen LogP contribution in [0.15, 0.2) is 36.9 Å². The van der Waals surface area contributed by atoms with Crippen LogP contribution >= 0.6 is 11.6 Å². The molecule has 122 valence electrons. The molecule has 0 radical (unpaired) electrons. The van der Waals surface area contributed by atoms with E-state index < -0.39 is 0 Å². The van der Waals surface area contributed by atoms with Crippen LogP contribution in [0.4, 0.5) is 0 Å². The maximum atomic E-state index is 12.7. The van der Waals surface area contributed by atoms with E-state index in [2.05, 4.69) is 9.55 Å². The third-order valence-electron chi connectivity index (χ3n) is 4.28. The van der Waals surface area contributed by atoms with Crippen molar-refractivity contribution in [2.75, 3.05) is 20.2 Å². The molecule has 0 aliphatic carbocycles. The highest BCUT2D eigenvalue weighted by molar-refractivity contribution is 6.30. The Hall–Kier alpha value is -2.01. The number of carbonyl (C=O) groups excluding carboxylic acids is 1. The standard InChI is InChI=1S/C17H20ClN3O2/c1-23-16-5-4-14(18)9-13(16)10-17(22)20-7-2-3-15(11-20)21-8-6-19-12-21/h4-6,8-9,12,15H,2-3,7,10-11H2,1H3/t15-/m0/s1. The molecule has 1 fully saturated rings. The number of benzene rings is 1. The number of ether oxygens (including phenoxy) is 1. The Bertz CT molecular complexity index is 672. The van der Waals surface area contributed by atoms with Gasteiger partial charge in [-0.25, -0.2) is 4.98 Å². The summed E-state index contributed by atoms with van der Waals surface area (Å²) in [5, 5.41) is 0.614. The fourth-order valence-corrected chi connectivity index (χ4v) is 3.26. The second kappa shape index (κ2) is 7.04. The van der Waals surface area contributed by atoms with Crippen molar-refractivity contribution in [1.82, 2.24) is 14.5 Å². The summed E-state index contributed by atoms with van der Waals surface area (Å²) in [5.41, 5.74) is 0.828. The molecule has 1 saturated heterocycles. The lowest BCUT2D eigenvalue weighted by Gasteiger charge is -2.33. The number of piperidine rings is 1. The molecular weight excluding hydrogens is 314 g/mol. The largest absolute Gasteiger partial charge is 0.496 e. The molecule has 2 aromatic rings. The van der Waals surface area contributed by atoms with Gasteiger partial charge in [0.15, 0.2) is 0 Å². The smallest absolute Gasteiger partial charge is 0.227 e. The third kappa shape index (κ3) is 3.67. The summed E-state index contributed by atoms with van der Waals surface area (Å²) in [4.78, 5) is 18.7. The van der Waals surface area contributed by atoms with Gasteiger partial charge < -0.3 is 14.2 Å². The Labute approximate surface area is 140 Å². The maximum Gasteiger partial charge on any atom is 0.227 e. The predicted molar refractivity (Wildman–Crippen MR) is 88.8 cm³/mol. The highest BCUT2D eigenvalue weighted by Gasteiger charge is 2.25. The Morgan fingerprint density at radius 2 is 2.35 bits per heavy atom. The van der Waals surface area contributed by atoms with E-state index in [1.807, 2.05) is 17.4 Å². The molecule has 23 heavy (non-hydrogen) atoms. The molecule has 0 spiro atoms. The van der Waals surface area contributed by atoms with E-state index in [4.69, 9.17) is 16.3 Å². The van der Waals surface area contributed by atoms with E-state index in [1.165, 1.54) is 0 Å². The monoisotopic (exact) mass is 333 g/mol. The number of aromatic nitrogens is 2. The highest BCUT2D eigenvalue weighted by Crippen LogP contribution is 2.25. The van der Waals surface area contributed by atoms with E-state index >= 15 is 0 Å². The third-order valence-corrected chi connectivity index (χ3v) is 4.51. The van der Waals surface area contributed by atoms with Gasteiger partial charge in [-0.2, -0.15) is 0 Å².